The molecular formula is C6H9AsN2O2S. The Labute approximate surface area is 83.5 Å². The van der Waals surface area contributed by atoms with Crippen LogP contribution in [0.1, 0.15) is 0 Å². The SMILES string of the molecule is COc1cn(C)c(=S)n([AsH2])c1=O. The van der Waals surface area contributed by atoms with Crippen molar-refractivity contribution >= 4 is 29.3 Å². The quantitative estimate of drug-likeness (QED) is 0.488. The van der Waals surface area contributed by atoms with E-state index in [-0.39, 0.29) is 5.56 Å². The number of hydrogen-bond donors (Lipinski definition) is 0. The van der Waals surface area contributed by atoms with E-state index >= 15 is 0 Å². The third kappa shape index (κ3) is 1.47. The molecule has 0 N–H and O–H groups in total. The summed E-state index contributed by atoms with van der Waals surface area (Å²) >= 11 is 6.13. The molecule has 6 heteroatoms. The van der Waals surface area contributed by atoms with Crippen molar-refractivity contribution in [2.45, 2.75) is 0 Å². The summed E-state index contributed by atoms with van der Waals surface area (Å²) in [4.78, 5) is 11.3. The summed E-state index contributed by atoms with van der Waals surface area (Å²) in [6.45, 7) is 0. The fourth-order valence-electron chi connectivity index (χ4n) is 0.802. The van der Waals surface area contributed by atoms with Gasteiger partial charge in [0.05, 0.1) is 0 Å². The predicted octanol–water partition coefficient (Wildman–Crippen LogP) is -0.679. The molecule has 1 rings (SSSR count). The molecule has 0 aliphatic carbocycles. The summed E-state index contributed by atoms with van der Waals surface area (Å²) in [6, 6.07) is 0. The number of aromatic nitrogens is 2. The molecule has 1 aromatic rings. The van der Waals surface area contributed by atoms with Crippen LogP contribution < -0.4 is 10.3 Å². The van der Waals surface area contributed by atoms with E-state index in [0.717, 1.165) is 17.1 Å². The van der Waals surface area contributed by atoms with Crippen LogP contribution in [0.5, 0.6) is 5.75 Å². The Hall–Kier alpha value is -0.542. The average Bonchev–Trinajstić information content (AvgIpc) is 2.08. The summed E-state index contributed by atoms with van der Waals surface area (Å²) < 4.78 is 8.48. The molecule has 0 radical (unpaired) electrons. The first-order chi connectivity index (χ1) is 5.57. The number of nitrogens with zero attached hydrogens (tertiary/aromatic N) is 2. The van der Waals surface area contributed by atoms with Crippen molar-refractivity contribution in [3.63, 3.8) is 0 Å². The van der Waals surface area contributed by atoms with Gasteiger partial charge in [-0.15, -0.1) is 0 Å². The van der Waals surface area contributed by atoms with E-state index in [1.807, 2.05) is 0 Å². The van der Waals surface area contributed by atoms with E-state index < -0.39 is 0 Å². The molecule has 0 saturated carbocycles. The minimum atomic E-state index is -0.180. The van der Waals surface area contributed by atoms with E-state index in [0.29, 0.717) is 10.5 Å². The van der Waals surface area contributed by atoms with Gasteiger partial charge in [-0.05, 0) is 0 Å². The minimum absolute atomic E-state index is 0.180. The first kappa shape index (κ1) is 9.55. The van der Waals surface area contributed by atoms with Crippen molar-refractivity contribution < 1.29 is 4.74 Å². The van der Waals surface area contributed by atoms with Gasteiger partial charge in [-0.3, -0.25) is 0 Å². The number of methoxy groups -OCH3 is 1. The molecule has 1 atom stereocenters. The number of ether oxygens (including phenoxy) is 1. The van der Waals surface area contributed by atoms with Crippen molar-refractivity contribution in [3.8, 4) is 5.75 Å². The zero-order valence-electron chi connectivity index (χ0n) is 6.77. The zero-order valence-corrected chi connectivity index (χ0v) is 10.0. The van der Waals surface area contributed by atoms with E-state index in [4.69, 9.17) is 17.0 Å². The van der Waals surface area contributed by atoms with Crippen LogP contribution in [0.25, 0.3) is 0 Å². The second-order valence-corrected chi connectivity index (χ2v) is 3.71. The molecular weight excluding hydrogens is 239 g/mol. The molecule has 0 aliphatic rings. The summed E-state index contributed by atoms with van der Waals surface area (Å²) in [6.07, 6.45) is 1.58. The Morgan fingerprint density at radius 1 is 1.67 bits per heavy atom. The van der Waals surface area contributed by atoms with Crippen molar-refractivity contribution in [1.29, 1.82) is 0 Å². The van der Waals surface area contributed by atoms with E-state index in [9.17, 15) is 4.79 Å². The van der Waals surface area contributed by atoms with Crippen LogP contribution in [0.3, 0.4) is 0 Å². The molecule has 1 aromatic heterocycles. The summed E-state index contributed by atoms with van der Waals surface area (Å²) in [5.74, 6) is 0.315. The van der Waals surface area contributed by atoms with Crippen LogP contribution in [0.2, 0.25) is 0 Å². The van der Waals surface area contributed by atoms with Gasteiger partial charge < -0.3 is 0 Å². The normalized spacial score (nSPS) is 9.92. The number of hydrogen-bond acceptors (Lipinski definition) is 3. The van der Waals surface area contributed by atoms with Gasteiger partial charge in [0, 0.05) is 0 Å². The van der Waals surface area contributed by atoms with Crippen molar-refractivity contribution in [3.05, 3.63) is 21.3 Å². The Morgan fingerprint density at radius 2 is 2.25 bits per heavy atom. The molecule has 1 heterocycles. The maximum atomic E-state index is 11.3. The standard InChI is InChI=1S/C6H9AsN2O2S/c1-8-3-4(11-2)5(10)9(7)6(8)12/h3H,7H2,1-2H3. The second kappa shape index (κ2) is 3.45. The summed E-state index contributed by atoms with van der Waals surface area (Å²) in [7, 11) is 3.24. The molecule has 66 valence electrons. The monoisotopic (exact) mass is 248 g/mol. The third-order valence-electron chi connectivity index (χ3n) is 1.47. The molecule has 0 aromatic carbocycles. The summed E-state index contributed by atoms with van der Waals surface area (Å²) in [5.41, 5.74) is -0.180. The van der Waals surface area contributed by atoms with Gasteiger partial charge in [-0.25, -0.2) is 0 Å². The second-order valence-electron chi connectivity index (χ2n) is 2.27. The molecule has 0 saturated heterocycles. The van der Waals surface area contributed by atoms with Gasteiger partial charge in [-0.1, -0.05) is 0 Å². The maximum absolute atomic E-state index is 11.3. The zero-order chi connectivity index (χ0) is 9.30. The molecule has 0 fully saturated rings. The third-order valence-corrected chi connectivity index (χ3v) is 3.35. The first-order valence-electron chi connectivity index (χ1n) is 3.19. The molecule has 12 heavy (non-hydrogen) atoms. The van der Waals surface area contributed by atoms with Crippen LogP contribution >= 0.6 is 12.2 Å². The molecule has 0 aliphatic heterocycles. The summed E-state index contributed by atoms with van der Waals surface area (Å²) in [5, 5.41) is 0. The number of rotatable bonds is 1. The molecule has 0 bridgehead atoms. The van der Waals surface area contributed by atoms with Crippen molar-refractivity contribution in [1.82, 2.24) is 8.05 Å². The first-order valence-corrected chi connectivity index (χ1v) is 4.69. The van der Waals surface area contributed by atoms with Gasteiger partial charge in [0.2, 0.25) is 0 Å². The molecule has 0 amide bonds. The van der Waals surface area contributed by atoms with Crippen molar-refractivity contribution in [2.24, 2.45) is 7.05 Å². The molecule has 1 unspecified atom stereocenters. The average molecular weight is 248 g/mol. The fourth-order valence-corrected chi connectivity index (χ4v) is 1.59. The van der Waals surface area contributed by atoms with Gasteiger partial charge >= 0.3 is 83.3 Å². The Balaban J connectivity index is 3.61. The van der Waals surface area contributed by atoms with Crippen LogP contribution in [-0.4, -0.2) is 32.2 Å². The Morgan fingerprint density at radius 3 is 2.75 bits per heavy atom. The Bertz CT molecular complexity index is 409. The number of aryl methyl sites for hydroxylation is 1. The molecule has 4 nitrogen and oxygen atoms in total. The van der Waals surface area contributed by atoms with Crippen LogP contribution in [0, 0.1) is 4.77 Å². The van der Waals surface area contributed by atoms with Crippen LogP contribution in [0.4, 0.5) is 0 Å². The Kier molecular flexibility index (Phi) is 2.75. The molecule has 0 spiro atoms. The van der Waals surface area contributed by atoms with E-state index in [1.54, 1.807) is 17.8 Å². The van der Waals surface area contributed by atoms with Gasteiger partial charge in [-0.2, -0.15) is 0 Å². The van der Waals surface area contributed by atoms with Gasteiger partial charge in [0.15, 0.2) is 0 Å². The fraction of sp³-hybridized carbons (Fsp3) is 0.333. The van der Waals surface area contributed by atoms with Crippen molar-refractivity contribution in [2.75, 3.05) is 7.11 Å². The van der Waals surface area contributed by atoms with Crippen LogP contribution in [0.15, 0.2) is 11.0 Å². The van der Waals surface area contributed by atoms with E-state index in [1.165, 1.54) is 10.6 Å². The van der Waals surface area contributed by atoms with E-state index in [2.05, 4.69) is 0 Å². The van der Waals surface area contributed by atoms with Gasteiger partial charge in [0.1, 0.15) is 0 Å². The van der Waals surface area contributed by atoms with Crippen LogP contribution in [-0.2, 0) is 7.05 Å². The predicted molar refractivity (Wildman–Crippen MR) is 51.0 cm³/mol. The topological polar surface area (TPSA) is 36.2 Å². The van der Waals surface area contributed by atoms with Gasteiger partial charge in [0.25, 0.3) is 0 Å².